The van der Waals surface area contributed by atoms with Crippen LogP contribution in [0.1, 0.15) is 31.3 Å². The van der Waals surface area contributed by atoms with Gasteiger partial charge < -0.3 is 9.47 Å². The first-order chi connectivity index (χ1) is 11.2. The molecular formula is C18H18N2O4. The third-order valence-corrected chi connectivity index (χ3v) is 3.13. The Morgan fingerprint density at radius 3 is 2.25 bits per heavy atom. The molecule has 2 rings (SSSR count). The normalized spacial score (nSPS) is 10.8. The maximum absolute atomic E-state index is 12.3. The number of ether oxygens (including phenoxy) is 2. The van der Waals surface area contributed by atoms with Crippen LogP contribution < -0.4 is 0 Å². The van der Waals surface area contributed by atoms with Crippen molar-refractivity contribution in [3.63, 3.8) is 0 Å². The molecule has 1 aromatic heterocycles. The zero-order valence-electron chi connectivity index (χ0n) is 14.0. The molecule has 6 nitrogen and oxygen atoms in total. The summed E-state index contributed by atoms with van der Waals surface area (Å²) in [6.45, 7) is 12.2. The summed E-state index contributed by atoms with van der Waals surface area (Å²) < 4.78 is 11.2. The molecule has 0 bridgehead atoms. The molecule has 0 saturated heterocycles. The Kier molecular flexibility index (Phi) is 4.74. The van der Waals surface area contributed by atoms with Crippen molar-refractivity contribution in [1.82, 2.24) is 4.57 Å². The second-order valence-electron chi connectivity index (χ2n) is 6.11. The van der Waals surface area contributed by atoms with Crippen LogP contribution in [0.5, 0.6) is 0 Å². The van der Waals surface area contributed by atoms with Crippen molar-refractivity contribution < 1.29 is 19.1 Å². The number of aromatic nitrogens is 1. The van der Waals surface area contributed by atoms with Crippen LogP contribution in [0.25, 0.3) is 16.0 Å². The van der Waals surface area contributed by atoms with Crippen molar-refractivity contribution in [3.05, 3.63) is 53.6 Å². The van der Waals surface area contributed by atoms with Crippen molar-refractivity contribution in [2.75, 3.05) is 7.11 Å². The summed E-state index contributed by atoms with van der Waals surface area (Å²) in [5.74, 6) is -0.634. The first-order valence-electron chi connectivity index (χ1n) is 7.27. The molecule has 0 aliphatic carbocycles. The van der Waals surface area contributed by atoms with E-state index in [-0.39, 0.29) is 5.69 Å². The van der Waals surface area contributed by atoms with Crippen molar-refractivity contribution in [2.24, 2.45) is 0 Å². The number of hydrogen-bond donors (Lipinski definition) is 0. The third-order valence-electron chi connectivity index (χ3n) is 3.13. The smallest absolute Gasteiger partial charge is 0.419 e. The van der Waals surface area contributed by atoms with E-state index >= 15 is 0 Å². The van der Waals surface area contributed by atoms with Gasteiger partial charge in [-0.3, -0.25) is 0 Å². The van der Waals surface area contributed by atoms with Gasteiger partial charge in [0.25, 0.3) is 0 Å². The summed E-state index contributed by atoms with van der Waals surface area (Å²) in [5, 5.41) is 0. The van der Waals surface area contributed by atoms with Crippen molar-refractivity contribution >= 4 is 17.7 Å². The van der Waals surface area contributed by atoms with Gasteiger partial charge in [-0.2, -0.15) is 0 Å². The Balaban J connectivity index is 2.46. The Hall–Kier alpha value is -3.07. The topological polar surface area (TPSA) is 61.9 Å². The van der Waals surface area contributed by atoms with Gasteiger partial charge in [0.15, 0.2) is 5.69 Å². The summed E-state index contributed by atoms with van der Waals surface area (Å²) in [6.07, 6.45) is 0.861. The van der Waals surface area contributed by atoms with E-state index in [1.165, 1.54) is 13.3 Å². The predicted octanol–water partition coefficient (Wildman–Crippen LogP) is 4.28. The van der Waals surface area contributed by atoms with E-state index < -0.39 is 17.7 Å². The highest BCUT2D eigenvalue weighted by Crippen LogP contribution is 2.26. The quantitative estimate of drug-likeness (QED) is 0.610. The molecule has 0 fully saturated rings. The Labute approximate surface area is 140 Å². The van der Waals surface area contributed by atoms with Crippen LogP contribution in [-0.4, -0.2) is 29.3 Å². The van der Waals surface area contributed by atoms with E-state index in [1.54, 1.807) is 51.1 Å². The van der Waals surface area contributed by atoms with Crippen molar-refractivity contribution in [2.45, 2.75) is 26.4 Å². The maximum atomic E-state index is 12.3. The summed E-state index contributed by atoms with van der Waals surface area (Å²) in [6, 6.07) is 8.41. The lowest BCUT2D eigenvalue weighted by Gasteiger charge is -2.20. The van der Waals surface area contributed by atoms with Crippen LogP contribution in [0.3, 0.4) is 0 Å². The van der Waals surface area contributed by atoms with Crippen LogP contribution in [0.15, 0.2) is 36.5 Å². The lowest BCUT2D eigenvalue weighted by molar-refractivity contribution is 0.0483. The molecule has 0 unspecified atom stereocenters. The fourth-order valence-corrected chi connectivity index (χ4v) is 2.07. The molecule has 0 aliphatic rings. The largest absolute Gasteiger partial charge is 0.464 e. The molecule has 6 heteroatoms. The number of rotatable bonds is 2. The van der Waals surface area contributed by atoms with E-state index in [2.05, 4.69) is 4.85 Å². The predicted molar refractivity (Wildman–Crippen MR) is 89.1 cm³/mol. The number of methoxy groups -OCH3 is 1. The minimum atomic E-state index is -0.688. The number of nitrogens with zero attached hydrogens (tertiary/aromatic N) is 2. The van der Waals surface area contributed by atoms with E-state index in [1.807, 2.05) is 0 Å². The first-order valence-corrected chi connectivity index (χ1v) is 7.27. The molecule has 0 radical (unpaired) electrons. The average Bonchev–Trinajstić information content (AvgIpc) is 2.98. The van der Waals surface area contributed by atoms with Crippen LogP contribution in [0.2, 0.25) is 0 Å². The van der Waals surface area contributed by atoms with Crippen LogP contribution >= 0.6 is 0 Å². The minimum Gasteiger partial charge on any atom is -0.464 e. The van der Waals surface area contributed by atoms with Crippen LogP contribution in [-0.2, 0) is 9.47 Å². The van der Waals surface area contributed by atoms with Gasteiger partial charge in [0.2, 0.25) is 0 Å². The number of carbonyl (C=O) groups excluding carboxylic acids is 2. The number of carbonyl (C=O) groups is 2. The second kappa shape index (κ2) is 6.59. The molecule has 0 atom stereocenters. The molecular weight excluding hydrogens is 308 g/mol. The van der Waals surface area contributed by atoms with E-state index in [9.17, 15) is 9.59 Å². The zero-order chi connectivity index (χ0) is 17.9. The Morgan fingerprint density at radius 2 is 1.75 bits per heavy atom. The van der Waals surface area contributed by atoms with E-state index in [0.29, 0.717) is 11.3 Å². The van der Waals surface area contributed by atoms with E-state index in [0.717, 1.165) is 10.1 Å². The monoisotopic (exact) mass is 326 g/mol. The molecule has 2 aromatic rings. The molecule has 0 N–H and O–H groups in total. The van der Waals surface area contributed by atoms with E-state index in [4.69, 9.17) is 16.0 Å². The molecule has 1 heterocycles. The standard InChI is InChI=1S/C18H18N2O4/c1-18(2,3)24-17(22)20-11-13(10-15(20)16(21)23-5)12-6-8-14(19-4)9-7-12/h6-11H,1-3,5H3. The van der Waals surface area contributed by atoms with Gasteiger partial charge in [0, 0.05) is 11.8 Å². The van der Waals surface area contributed by atoms with Gasteiger partial charge in [-0.25, -0.2) is 19.0 Å². The second-order valence-corrected chi connectivity index (χ2v) is 6.11. The highest BCUT2D eigenvalue weighted by molar-refractivity contribution is 5.94. The van der Waals surface area contributed by atoms with Gasteiger partial charge in [0.05, 0.1) is 13.7 Å². The lowest BCUT2D eigenvalue weighted by Crippen LogP contribution is -2.28. The maximum Gasteiger partial charge on any atom is 0.419 e. The molecule has 1 aromatic carbocycles. The van der Waals surface area contributed by atoms with Crippen LogP contribution in [0.4, 0.5) is 10.5 Å². The van der Waals surface area contributed by atoms with Crippen LogP contribution in [0, 0.1) is 6.57 Å². The number of esters is 1. The average molecular weight is 326 g/mol. The Morgan fingerprint density at radius 1 is 1.12 bits per heavy atom. The van der Waals surface area contributed by atoms with Crippen molar-refractivity contribution in [3.8, 4) is 11.1 Å². The summed E-state index contributed by atoms with van der Waals surface area (Å²) in [7, 11) is 1.25. The molecule has 24 heavy (non-hydrogen) atoms. The van der Waals surface area contributed by atoms with Crippen molar-refractivity contribution in [1.29, 1.82) is 0 Å². The fraction of sp³-hybridized carbons (Fsp3) is 0.278. The SMILES string of the molecule is [C-]#[N+]c1ccc(-c2cc(C(=O)OC)n(C(=O)OC(C)(C)C)c2)cc1. The summed E-state index contributed by atoms with van der Waals surface area (Å²) >= 11 is 0. The summed E-state index contributed by atoms with van der Waals surface area (Å²) in [5.41, 5.74) is 1.33. The third kappa shape index (κ3) is 3.82. The highest BCUT2D eigenvalue weighted by Gasteiger charge is 2.24. The molecule has 0 amide bonds. The number of hydrogen-bond acceptors (Lipinski definition) is 4. The van der Waals surface area contributed by atoms with Gasteiger partial charge in [-0.05, 0) is 32.4 Å². The van der Waals surface area contributed by atoms with Gasteiger partial charge in [-0.1, -0.05) is 24.3 Å². The zero-order valence-corrected chi connectivity index (χ0v) is 14.0. The van der Waals surface area contributed by atoms with Gasteiger partial charge in [0.1, 0.15) is 11.3 Å². The minimum absolute atomic E-state index is 0.0796. The van der Waals surface area contributed by atoms with Gasteiger partial charge >= 0.3 is 12.1 Å². The fourth-order valence-electron chi connectivity index (χ4n) is 2.07. The molecule has 124 valence electrons. The lowest BCUT2D eigenvalue weighted by atomic mass is 10.1. The van der Waals surface area contributed by atoms with Gasteiger partial charge in [-0.15, -0.1) is 0 Å². The molecule has 0 spiro atoms. The first kappa shape index (κ1) is 17.3. The Bertz CT molecular complexity index is 805. The number of benzene rings is 1. The molecule has 0 saturated carbocycles. The highest BCUT2D eigenvalue weighted by atomic mass is 16.6. The summed E-state index contributed by atoms with van der Waals surface area (Å²) in [4.78, 5) is 27.6. The molecule has 0 aliphatic heterocycles.